The van der Waals surface area contributed by atoms with Gasteiger partial charge in [0.15, 0.2) is 11.6 Å². The van der Waals surface area contributed by atoms with Crippen LogP contribution in [0.2, 0.25) is 0 Å². The monoisotopic (exact) mass is 578 g/mol. The number of fused-ring (bicyclic) bond motifs is 1. The van der Waals surface area contributed by atoms with E-state index in [4.69, 9.17) is 9.57 Å². The van der Waals surface area contributed by atoms with Crippen molar-refractivity contribution in [1.29, 1.82) is 0 Å². The minimum atomic E-state index is -1.06. The van der Waals surface area contributed by atoms with E-state index in [0.717, 1.165) is 32.0 Å². The Labute approximate surface area is 222 Å². The van der Waals surface area contributed by atoms with Crippen LogP contribution in [-0.4, -0.2) is 61.2 Å². The van der Waals surface area contributed by atoms with Gasteiger partial charge in [0.1, 0.15) is 30.2 Å². The van der Waals surface area contributed by atoms with Gasteiger partial charge in [0.05, 0.1) is 15.7 Å². The number of carbonyl (C=O) groups excluding carboxylic acids is 1. The predicted molar refractivity (Wildman–Crippen MR) is 143 cm³/mol. The van der Waals surface area contributed by atoms with Crippen LogP contribution in [0.3, 0.4) is 0 Å². The first kappa shape index (κ1) is 28.2. The second kappa shape index (κ2) is 13.8. The molecule has 1 aromatic heterocycles. The van der Waals surface area contributed by atoms with Crippen molar-refractivity contribution in [2.45, 2.75) is 12.8 Å². The number of hydrogen-bond donors (Lipinski definition) is 3. The van der Waals surface area contributed by atoms with Crippen molar-refractivity contribution in [3.8, 4) is 5.75 Å². The fourth-order valence-electron chi connectivity index (χ4n) is 3.32. The molecule has 198 valence electrons. The van der Waals surface area contributed by atoms with E-state index in [1.165, 1.54) is 18.5 Å². The third kappa shape index (κ3) is 8.07. The van der Waals surface area contributed by atoms with Gasteiger partial charge in [0, 0.05) is 24.1 Å². The van der Waals surface area contributed by atoms with Crippen molar-refractivity contribution in [2.75, 3.05) is 51.1 Å². The van der Waals surface area contributed by atoms with Gasteiger partial charge >= 0.3 is 5.97 Å². The lowest BCUT2D eigenvalue weighted by atomic mass is 10.2. The Bertz CT molecular complexity index is 1240. The van der Waals surface area contributed by atoms with E-state index in [1.54, 1.807) is 12.1 Å². The van der Waals surface area contributed by atoms with Crippen LogP contribution in [0.5, 0.6) is 5.75 Å². The lowest BCUT2D eigenvalue weighted by molar-refractivity contribution is -0.134. The molecule has 0 saturated heterocycles. The van der Waals surface area contributed by atoms with Crippen LogP contribution in [0, 0.1) is 11.6 Å². The van der Waals surface area contributed by atoms with E-state index in [9.17, 15) is 13.6 Å². The topological polar surface area (TPSA) is 101 Å². The normalized spacial score (nSPS) is 11.0. The molecule has 12 heteroatoms. The summed E-state index contributed by atoms with van der Waals surface area (Å²) in [5.41, 5.74) is 3.24. The maximum absolute atomic E-state index is 14.4. The van der Waals surface area contributed by atoms with Gasteiger partial charge in [0.25, 0.3) is 0 Å². The first-order valence-electron chi connectivity index (χ1n) is 11.6. The second-order valence-electron chi connectivity index (χ2n) is 8.27. The molecule has 0 aliphatic heterocycles. The Morgan fingerprint density at radius 1 is 1.14 bits per heavy atom. The molecular weight excluding hydrogens is 550 g/mol. The Morgan fingerprint density at radius 3 is 2.70 bits per heavy atom. The molecule has 37 heavy (non-hydrogen) atoms. The third-order valence-corrected chi connectivity index (χ3v) is 5.81. The summed E-state index contributed by atoms with van der Waals surface area (Å²) in [4.78, 5) is 27.2. The van der Waals surface area contributed by atoms with Crippen molar-refractivity contribution in [3.63, 3.8) is 0 Å². The van der Waals surface area contributed by atoms with Crippen molar-refractivity contribution in [2.24, 2.45) is 0 Å². The van der Waals surface area contributed by atoms with Gasteiger partial charge in [-0.05, 0) is 74.2 Å². The van der Waals surface area contributed by atoms with Gasteiger partial charge in [-0.25, -0.2) is 29.0 Å². The molecule has 0 saturated carbocycles. The average molecular weight is 579 g/mol. The van der Waals surface area contributed by atoms with Crippen LogP contribution >= 0.6 is 15.9 Å². The summed E-state index contributed by atoms with van der Waals surface area (Å²) >= 11 is 2.96. The summed E-state index contributed by atoms with van der Waals surface area (Å²) in [6.45, 7) is 6.24. The first-order valence-corrected chi connectivity index (χ1v) is 12.4. The second-order valence-corrected chi connectivity index (χ2v) is 9.13. The number of rotatable bonds is 14. The minimum Gasteiger partial charge on any atom is -0.490 e. The molecule has 0 aliphatic rings. The smallest absolute Gasteiger partial charge is 0.355 e. The fourth-order valence-corrected chi connectivity index (χ4v) is 3.62. The number of halogens is 3. The van der Waals surface area contributed by atoms with Gasteiger partial charge in [-0.15, -0.1) is 0 Å². The number of ether oxygens (including phenoxy) is 1. The number of carbonyl (C=O) groups is 1. The van der Waals surface area contributed by atoms with Gasteiger partial charge in [-0.1, -0.05) is 6.58 Å². The Balaban J connectivity index is 1.78. The molecular formula is C25H29BrF2N6O3. The Hall–Kier alpha value is -3.35. The zero-order valence-corrected chi connectivity index (χ0v) is 22.2. The van der Waals surface area contributed by atoms with Crippen LogP contribution in [0.15, 0.2) is 47.7 Å². The van der Waals surface area contributed by atoms with Crippen LogP contribution in [0.1, 0.15) is 12.8 Å². The first-order chi connectivity index (χ1) is 17.8. The van der Waals surface area contributed by atoms with Crippen LogP contribution in [-0.2, 0) is 9.63 Å². The molecule has 0 fully saturated rings. The maximum Gasteiger partial charge on any atom is 0.355 e. The minimum absolute atomic E-state index is 0.00320. The molecule has 9 nitrogen and oxygen atoms in total. The fraction of sp³-hybridized carbons (Fsp3) is 0.320. The number of benzene rings is 2. The lowest BCUT2D eigenvalue weighted by Gasteiger charge is -2.16. The van der Waals surface area contributed by atoms with Gasteiger partial charge in [-0.2, -0.15) is 0 Å². The zero-order valence-electron chi connectivity index (χ0n) is 20.6. The van der Waals surface area contributed by atoms with Crippen molar-refractivity contribution < 1.29 is 23.1 Å². The average Bonchev–Trinajstić information content (AvgIpc) is 2.88. The molecule has 0 aliphatic carbocycles. The molecule has 3 rings (SSSR count). The SMILES string of the molecule is C=CC(=O)ONc1cc2c(Nc3ccc(Br)c(F)c3F)ncnc2cc1OCCNCCCCN(C)C. The van der Waals surface area contributed by atoms with E-state index in [1.807, 2.05) is 14.1 Å². The standard InChI is InChI=1S/C25H29BrF2N6O3/c1-4-22(35)37-33-20-13-16-19(14-21(20)36-12-10-29-9-5-6-11-34(2)3)30-15-31-25(16)32-18-8-7-17(26)23(27)24(18)28/h4,7-8,13-15,29,33H,1,5-6,9-12H2,2-3H3,(H,30,31,32). The van der Waals surface area contributed by atoms with Gasteiger partial charge in [0.2, 0.25) is 0 Å². The summed E-state index contributed by atoms with van der Waals surface area (Å²) in [7, 11) is 4.09. The summed E-state index contributed by atoms with van der Waals surface area (Å²) in [6.07, 6.45) is 4.45. The summed E-state index contributed by atoms with van der Waals surface area (Å²) in [5.74, 6) is -2.18. The highest BCUT2D eigenvalue weighted by molar-refractivity contribution is 9.10. The highest BCUT2D eigenvalue weighted by Crippen LogP contribution is 2.34. The van der Waals surface area contributed by atoms with Crippen molar-refractivity contribution in [1.82, 2.24) is 20.2 Å². The quantitative estimate of drug-likeness (QED) is 0.108. The number of anilines is 3. The highest BCUT2D eigenvalue weighted by Gasteiger charge is 2.16. The molecule has 1 heterocycles. The predicted octanol–water partition coefficient (Wildman–Crippen LogP) is 4.78. The van der Waals surface area contributed by atoms with Crippen LogP contribution in [0.4, 0.5) is 26.0 Å². The zero-order chi connectivity index (χ0) is 26.8. The molecule has 3 N–H and O–H groups in total. The van der Waals surface area contributed by atoms with Crippen molar-refractivity contribution >= 4 is 50.0 Å². The van der Waals surface area contributed by atoms with E-state index in [2.05, 4.69) is 53.5 Å². The Kier molecular flexibility index (Phi) is 10.5. The molecule has 0 amide bonds. The molecule has 2 aromatic carbocycles. The highest BCUT2D eigenvalue weighted by atomic mass is 79.9. The molecule has 0 bridgehead atoms. The third-order valence-electron chi connectivity index (χ3n) is 5.20. The van der Waals surface area contributed by atoms with E-state index < -0.39 is 17.6 Å². The van der Waals surface area contributed by atoms with Gasteiger partial charge < -0.3 is 25.1 Å². The summed E-state index contributed by atoms with van der Waals surface area (Å²) in [6, 6.07) is 5.99. The summed E-state index contributed by atoms with van der Waals surface area (Å²) in [5, 5.41) is 6.58. The molecule has 0 radical (unpaired) electrons. The number of aromatic nitrogens is 2. The van der Waals surface area contributed by atoms with Crippen LogP contribution in [0.25, 0.3) is 10.9 Å². The van der Waals surface area contributed by atoms with E-state index in [-0.39, 0.29) is 16.0 Å². The molecule has 0 spiro atoms. The van der Waals surface area contributed by atoms with E-state index in [0.29, 0.717) is 35.5 Å². The maximum atomic E-state index is 14.4. The number of nitrogens with one attached hydrogen (secondary N) is 3. The Morgan fingerprint density at radius 2 is 1.95 bits per heavy atom. The molecule has 0 unspecified atom stereocenters. The van der Waals surface area contributed by atoms with Crippen LogP contribution < -0.4 is 20.9 Å². The number of nitrogens with zero attached hydrogens (tertiary/aromatic N) is 3. The number of hydrogen-bond acceptors (Lipinski definition) is 9. The number of unbranched alkanes of at least 4 members (excludes halogenated alkanes) is 1. The summed E-state index contributed by atoms with van der Waals surface area (Å²) < 4.78 is 34.4. The van der Waals surface area contributed by atoms with Crippen molar-refractivity contribution in [3.05, 3.63) is 59.4 Å². The lowest BCUT2D eigenvalue weighted by Crippen LogP contribution is -2.23. The van der Waals surface area contributed by atoms with E-state index >= 15 is 0 Å². The molecule has 3 aromatic rings. The molecule has 0 atom stereocenters. The largest absolute Gasteiger partial charge is 0.490 e. The van der Waals surface area contributed by atoms with Gasteiger partial charge in [-0.3, -0.25) is 0 Å².